The predicted octanol–water partition coefficient (Wildman–Crippen LogP) is 2.66. The van der Waals surface area contributed by atoms with Gasteiger partial charge >= 0.3 is 0 Å². The molecule has 1 aliphatic rings. The van der Waals surface area contributed by atoms with Crippen LogP contribution < -0.4 is 9.75 Å². The first-order chi connectivity index (χ1) is 11.0. The maximum Gasteiger partial charge on any atom is 0.252 e. The van der Waals surface area contributed by atoms with Gasteiger partial charge in [-0.25, -0.2) is 9.69 Å². The predicted molar refractivity (Wildman–Crippen MR) is 89.4 cm³/mol. The molecule has 0 fully saturated rings. The summed E-state index contributed by atoms with van der Waals surface area (Å²) >= 11 is 7.31. The van der Waals surface area contributed by atoms with Gasteiger partial charge in [-0.3, -0.25) is 4.79 Å². The zero-order valence-corrected chi connectivity index (χ0v) is 14.1. The average Bonchev–Trinajstić information content (AvgIpc) is 2.91. The number of thioether (sulfide) groups is 1. The Morgan fingerprint density at radius 1 is 1.48 bits per heavy atom. The smallest absolute Gasteiger partial charge is 0.252 e. The summed E-state index contributed by atoms with van der Waals surface area (Å²) in [6, 6.07) is 7.12. The minimum atomic E-state index is -0.00527. The molecule has 0 bridgehead atoms. The number of hydrogen-bond donors (Lipinski definition) is 0. The van der Waals surface area contributed by atoms with Crippen molar-refractivity contribution >= 4 is 29.3 Å². The molecule has 1 amide bonds. The van der Waals surface area contributed by atoms with Gasteiger partial charge in [-0.2, -0.15) is 0 Å². The number of benzene rings is 1. The Bertz CT molecular complexity index is 762. The van der Waals surface area contributed by atoms with Crippen LogP contribution in [0.4, 0.5) is 0 Å². The molecule has 0 N–H and O–H groups in total. The van der Waals surface area contributed by atoms with E-state index in [0.29, 0.717) is 34.1 Å². The normalized spacial score (nSPS) is 13.8. The summed E-state index contributed by atoms with van der Waals surface area (Å²) in [6.07, 6.45) is 0. The minimum absolute atomic E-state index is 0.00527. The molecule has 6 nitrogen and oxygen atoms in total. The molecule has 0 atom stereocenters. The summed E-state index contributed by atoms with van der Waals surface area (Å²) < 4.78 is 7.41. The Morgan fingerprint density at radius 3 is 3.04 bits per heavy atom. The van der Waals surface area contributed by atoms with Crippen LogP contribution in [0.3, 0.4) is 0 Å². The van der Waals surface area contributed by atoms with Crippen molar-refractivity contribution in [1.29, 1.82) is 0 Å². The molecule has 23 heavy (non-hydrogen) atoms. The molecule has 0 radical (unpaired) electrons. The van der Waals surface area contributed by atoms with Crippen molar-refractivity contribution in [3.05, 3.63) is 47.3 Å². The Hall–Kier alpha value is -1.99. The lowest BCUT2D eigenvalue weighted by Crippen LogP contribution is -2.46. The molecule has 0 spiro atoms. The number of ether oxygens (including phenoxy) is 1. The molecule has 0 aliphatic carbocycles. The molecule has 0 unspecified atom stereocenters. The van der Waals surface area contributed by atoms with E-state index in [-0.39, 0.29) is 12.5 Å². The molecular formula is C15H15ClN4O2S. The molecule has 0 saturated carbocycles. The van der Waals surface area contributed by atoms with Crippen LogP contribution in [-0.4, -0.2) is 33.1 Å². The quantitative estimate of drug-likeness (QED) is 0.776. The van der Waals surface area contributed by atoms with E-state index in [1.54, 1.807) is 21.8 Å². The summed E-state index contributed by atoms with van der Waals surface area (Å²) in [6.45, 7) is 6.36. The molecule has 1 aliphatic heterocycles. The summed E-state index contributed by atoms with van der Waals surface area (Å²) in [5.41, 5.74) is 0.881. The van der Waals surface area contributed by atoms with Gasteiger partial charge in [0.2, 0.25) is 5.16 Å². The molecule has 8 heteroatoms. The number of hydrogen-bond acceptors (Lipinski definition) is 5. The van der Waals surface area contributed by atoms with E-state index in [2.05, 4.69) is 16.8 Å². The van der Waals surface area contributed by atoms with Crippen molar-refractivity contribution in [2.75, 3.05) is 17.3 Å². The zero-order valence-electron chi connectivity index (χ0n) is 12.5. The molecule has 1 aromatic carbocycles. The van der Waals surface area contributed by atoms with Crippen molar-refractivity contribution in [3.8, 4) is 5.75 Å². The van der Waals surface area contributed by atoms with Crippen LogP contribution in [0, 0.1) is 0 Å². The van der Waals surface area contributed by atoms with Crippen LogP contribution >= 0.6 is 23.4 Å². The van der Waals surface area contributed by atoms with Gasteiger partial charge in [-0.1, -0.05) is 41.6 Å². The second kappa shape index (κ2) is 6.64. The fraction of sp³-hybridized carbons (Fsp3) is 0.267. The molecule has 2 heterocycles. The second-order valence-electron chi connectivity index (χ2n) is 5.15. The molecule has 1 aromatic heterocycles. The zero-order chi connectivity index (χ0) is 16.4. The highest BCUT2D eigenvalue weighted by Crippen LogP contribution is 2.24. The summed E-state index contributed by atoms with van der Waals surface area (Å²) in [4.78, 5) is 12.2. The second-order valence-corrected chi connectivity index (χ2v) is 6.53. The number of fused-ring (bicyclic) bond motifs is 1. The number of aromatic nitrogens is 3. The van der Waals surface area contributed by atoms with Gasteiger partial charge in [-0.15, -0.1) is 10.2 Å². The van der Waals surface area contributed by atoms with Crippen LogP contribution in [0.25, 0.3) is 0 Å². The topological polar surface area (TPSA) is 60.3 Å². The molecule has 2 aromatic rings. The van der Waals surface area contributed by atoms with E-state index >= 15 is 0 Å². The molecule has 0 saturated heterocycles. The van der Waals surface area contributed by atoms with E-state index < -0.39 is 0 Å². The molecule has 3 rings (SSSR count). The lowest BCUT2D eigenvalue weighted by Gasteiger charge is -2.29. The van der Waals surface area contributed by atoms with Crippen molar-refractivity contribution in [3.63, 3.8) is 0 Å². The molecular weight excluding hydrogens is 336 g/mol. The first-order valence-corrected chi connectivity index (χ1v) is 8.31. The van der Waals surface area contributed by atoms with Gasteiger partial charge in [0, 0.05) is 5.02 Å². The SMILES string of the molecule is C=C(C)CN1C(=O)CSc2nnc(COc3cccc(Cl)c3)n21. The van der Waals surface area contributed by atoms with Crippen molar-refractivity contribution in [1.82, 2.24) is 14.9 Å². The Labute approximate surface area is 143 Å². The van der Waals surface area contributed by atoms with Gasteiger partial charge < -0.3 is 4.74 Å². The van der Waals surface area contributed by atoms with Crippen LogP contribution in [-0.2, 0) is 11.4 Å². The Morgan fingerprint density at radius 2 is 2.30 bits per heavy atom. The first-order valence-electron chi connectivity index (χ1n) is 6.95. The van der Waals surface area contributed by atoms with Crippen molar-refractivity contribution in [2.24, 2.45) is 0 Å². The number of nitrogens with zero attached hydrogens (tertiary/aromatic N) is 4. The van der Waals surface area contributed by atoms with Crippen LogP contribution in [0.1, 0.15) is 12.7 Å². The highest BCUT2D eigenvalue weighted by molar-refractivity contribution is 7.99. The van der Waals surface area contributed by atoms with Crippen LogP contribution in [0.2, 0.25) is 5.02 Å². The van der Waals surface area contributed by atoms with Crippen molar-refractivity contribution < 1.29 is 9.53 Å². The fourth-order valence-corrected chi connectivity index (χ4v) is 3.16. The van der Waals surface area contributed by atoms with Gasteiger partial charge in [-0.05, 0) is 25.1 Å². The number of amides is 1. The third kappa shape index (κ3) is 3.51. The average molecular weight is 351 g/mol. The van der Waals surface area contributed by atoms with Gasteiger partial charge in [0.15, 0.2) is 5.82 Å². The monoisotopic (exact) mass is 350 g/mol. The van der Waals surface area contributed by atoms with E-state index in [1.165, 1.54) is 11.8 Å². The first kappa shape index (κ1) is 15.9. The molecule has 120 valence electrons. The van der Waals surface area contributed by atoms with Crippen LogP contribution in [0.5, 0.6) is 5.75 Å². The van der Waals surface area contributed by atoms with E-state index in [1.807, 2.05) is 19.1 Å². The summed E-state index contributed by atoms with van der Waals surface area (Å²) in [5.74, 6) is 1.53. The standard InChI is InChI=1S/C15H15ClN4O2S/c1-10(2)7-19-14(21)9-23-15-18-17-13(20(15)19)8-22-12-5-3-4-11(16)6-12/h3-6H,1,7-9H2,2H3. The van der Waals surface area contributed by atoms with E-state index in [0.717, 1.165) is 5.57 Å². The van der Waals surface area contributed by atoms with Crippen LogP contribution in [0.15, 0.2) is 41.6 Å². The lowest BCUT2D eigenvalue weighted by molar-refractivity contribution is -0.118. The number of carbonyl (C=O) groups is 1. The number of carbonyl (C=O) groups excluding carboxylic acids is 1. The maximum absolute atomic E-state index is 12.2. The highest BCUT2D eigenvalue weighted by Gasteiger charge is 2.29. The maximum atomic E-state index is 12.2. The fourth-order valence-electron chi connectivity index (χ4n) is 2.15. The highest BCUT2D eigenvalue weighted by atomic mass is 35.5. The number of halogens is 1. The van der Waals surface area contributed by atoms with Crippen molar-refractivity contribution in [2.45, 2.75) is 18.7 Å². The third-order valence-electron chi connectivity index (χ3n) is 3.11. The third-order valence-corrected chi connectivity index (χ3v) is 4.25. The lowest BCUT2D eigenvalue weighted by atomic mass is 10.3. The van der Waals surface area contributed by atoms with Gasteiger partial charge in [0.25, 0.3) is 5.91 Å². The van der Waals surface area contributed by atoms with Gasteiger partial charge in [0.1, 0.15) is 12.4 Å². The van der Waals surface area contributed by atoms with Gasteiger partial charge in [0.05, 0.1) is 12.3 Å². The summed E-state index contributed by atoms with van der Waals surface area (Å²) in [5, 5.41) is 11.1. The largest absolute Gasteiger partial charge is 0.485 e. The Balaban J connectivity index is 1.83. The Kier molecular flexibility index (Phi) is 4.58. The minimum Gasteiger partial charge on any atom is -0.485 e. The van der Waals surface area contributed by atoms with E-state index in [4.69, 9.17) is 16.3 Å². The summed E-state index contributed by atoms with van der Waals surface area (Å²) in [7, 11) is 0. The number of rotatable bonds is 5. The van der Waals surface area contributed by atoms with E-state index in [9.17, 15) is 4.79 Å².